The lowest BCUT2D eigenvalue weighted by molar-refractivity contribution is 0.0827. The summed E-state index contributed by atoms with van der Waals surface area (Å²) in [5, 5.41) is 5.46. The highest BCUT2D eigenvalue weighted by molar-refractivity contribution is 7.89. The second kappa shape index (κ2) is 7.50. The van der Waals surface area contributed by atoms with Crippen LogP contribution in [0, 0.1) is 6.92 Å². The number of aromatic nitrogens is 2. The largest absolute Gasteiger partial charge is 0.481 e. The lowest BCUT2D eigenvalue weighted by Gasteiger charge is -2.29. The number of methoxy groups -OCH3 is 1. The van der Waals surface area contributed by atoms with Gasteiger partial charge in [0.25, 0.3) is 5.91 Å². The number of hydrogen-bond acceptors (Lipinski definition) is 7. The molecular formula is C16H21N6O5S+. The van der Waals surface area contributed by atoms with E-state index in [1.807, 2.05) is 0 Å². The van der Waals surface area contributed by atoms with Gasteiger partial charge in [0, 0.05) is 26.2 Å². The van der Waals surface area contributed by atoms with Crippen molar-refractivity contribution in [3.8, 4) is 5.88 Å². The van der Waals surface area contributed by atoms with Gasteiger partial charge in [-0.1, -0.05) is 12.1 Å². The van der Waals surface area contributed by atoms with Crippen molar-refractivity contribution >= 4 is 33.8 Å². The maximum absolute atomic E-state index is 12.8. The van der Waals surface area contributed by atoms with E-state index in [1.54, 1.807) is 6.92 Å². The van der Waals surface area contributed by atoms with Crippen LogP contribution in [0.25, 0.3) is 0 Å². The number of quaternary nitrogens is 1. The molecule has 0 radical (unpaired) electrons. The molecule has 1 heterocycles. The van der Waals surface area contributed by atoms with Gasteiger partial charge in [-0.05, 0) is 16.9 Å². The van der Waals surface area contributed by atoms with E-state index in [2.05, 4.69) is 9.97 Å². The topological polar surface area (TPSA) is 159 Å². The quantitative estimate of drug-likeness (QED) is 0.677. The fourth-order valence-electron chi connectivity index (χ4n) is 2.64. The number of nitrogens with zero attached hydrogens (tertiary/aromatic N) is 4. The Morgan fingerprint density at radius 3 is 2.29 bits per heavy atom. The smallest absolute Gasteiger partial charge is 0.443 e. The third-order valence-corrected chi connectivity index (χ3v) is 5.19. The van der Waals surface area contributed by atoms with Crippen LogP contribution >= 0.6 is 0 Å². The van der Waals surface area contributed by atoms with Gasteiger partial charge in [0.05, 0.1) is 12.8 Å². The lowest BCUT2D eigenvalue weighted by Crippen LogP contribution is -2.61. The second-order valence-electron chi connectivity index (χ2n) is 6.03. The van der Waals surface area contributed by atoms with Crippen molar-refractivity contribution in [1.82, 2.24) is 18.8 Å². The SMILES string of the molecule is COc1cc(C)nc([N+](C(N)=O)(c2ccccc2C(=O)N(C)C)S(N)(=O)=O)n1. The summed E-state index contributed by atoms with van der Waals surface area (Å²) in [4.78, 5) is 34.5. The van der Waals surface area contributed by atoms with Crippen LogP contribution in [0.1, 0.15) is 16.1 Å². The first-order valence-corrected chi connectivity index (χ1v) is 9.40. The number of aryl methyl sites for hydroxylation is 1. The zero-order chi connectivity index (χ0) is 21.3. The molecule has 2 aromatic rings. The van der Waals surface area contributed by atoms with E-state index in [9.17, 15) is 18.0 Å². The molecule has 1 atom stereocenters. The van der Waals surface area contributed by atoms with E-state index in [0.29, 0.717) is 5.69 Å². The Labute approximate surface area is 162 Å². The van der Waals surface area contributed by atoms with Crippen LogP contribution in [-0.2, 0) is 10.2 Å². The maximum atomic E-state index is 12.8. The van der Waals surface area contributed by atoms with Crippen molar-refractivity contribution < 1.29 is 22.7 Å². The summed E-state index contributed by atoms with van der Waals surface area (Å²) in [6.07, 6.45) is 0. The first-order chi connectivity index (χ1) is 13.0. The van der Waals surface area contributed by atoms with Crippen molar-refractivity contribution in [2.75, 3.05) is 21.2 Å². The molecule has 1 aromatic heterocycles. The molecule has 0 fully saturated rings. The molecular weight excluding hydrogens is 388 g/mol. The van der Waals surface area contributed by atoms with Gasteiger partial charge in [-0.15, -0.1) is 4.98 Å². The number of hydrogen-bond donors (Lipinski definition) is 2. The number of para-hydroxylation sites is 1. The molecule has 12 heteroatoms. The molecule has 150 valence electrons. The summed E-state index contributed by atoms with van der Waals surface area (Å²) in [5.74, 6) is -1.14. The van der Waals surface area contributed by atoms with Crippen molar-refractivity contribution in [3.63, 3.8) is 0 Å². The van der Waals surface area contributed by atoms with E-state index < -0.39 is 32.0 Å². The molecule has 0 saturated carbocycles. The number of urea groups is 1. The third-order valence-electron chi connectivity index (χ3n) is 3.88. The highest BCUT2D eigenvalue weighted by Crippen LogP contribution is 2.38. The zero-order valence-electron chi connectivity index (χ0n) is 15.8. The molecule has 1 unspecified atom stereocenters. The Balaban J connectivity index is 3.05. The van der Waals surface area contributed by atoms with E-state index in [1.165, 1.54) is 56.4 Å². The summed E-state index contributed by atoms with van der Waals surface area (Å²) in [7, 11) is -0.586. The molecule has 2 rings (SSSR count). The van der Waals surface area contributed by atoms with Crippen LogP contribution in [0.4, 0.5) is 16.4 Å². The maximum Gasteiger partial charge on any atom is 0.443 e. The molecule has 0 aliphatic rings. The average molecular weight is 409 g/mol. The van der Waals surface area contributed by atoms with Crippen molar-refractivity contribution in [2.24, 2.45) is 10.9 Å². The highest BCUT2D eigenvalue weighted by atomic mass is 32.2. The first kappa shape index (κ1) is 21.2. The summed E-state index contributed by atoms with van der Waals surface area (Å²) >= 11 is 0. The Hall–Kier alpha value is -3.09. The van der Waals surface area contributed by atoms with Crippen molar-refractivity contribution in [2.45, 2.75) is 6.92 Å². The summed E-state index contributed by atoms with van der Waals surface area (Å²) in [6.45, 7) is 1.55. The Morgan fingerprint density at radius 2 is 1.79 bits per heavy atom. The van der Waals surface area contributed by atoms with Gasteiger partial charge in [-0.2, -0.15) is 18.5 Å². The van der Waals surface area contributed by atoms with Crippen molar-refractivity contribution in [1.29, 1.82) is 0 Å². The van der Waals surface area contributed by atoms with Gasteiger partial charge in [-0.25, -0.2) is 4.79 Å². The minimum absolute atomic E-state index is 0.00804. The van der Waals surface area contributed by atoms with Crippen LogP contribution in [0.15, 0.2) is 30.3 Å². The number of benzene rings is 1. The van der Waals surface area contributed by atoms with Crippen LogP contribution in [0.5, 0.6) is 5.88 Å². The minimum Gasteiger partial charge on any atom is -0.481 e. The molecule has 1 aromatic carbocycles. The molecule has 0 aliphatic carbocycles. The fraction of sp³-hybridized carbons (Fsp3) is 0.250. The number of primary amides is 1. The van der Waals surface area contributed by atoms with Gasteiger partial charge in [0.15, 0.2) is 5.69 Å². The highest BCUT2D eigenvalue weighted by Gasteiger charge is 2.56. The molecule has 28 heavy (non-hydrogen) atoms. The molecule has 0 bridgehead atoms. The molecule has 11 nitrogen and oxygen atoms in total. The Morgan fingerprint density at radius 1 is 1.18 bits per heavy atom. The Bertz CT molecular complexity index is 1040. The predicted octanol–water partition coefficient (Wildman–Crippen LogP) is 0.417. The molecule has 0 saturated heterocycles. The normalized spacial score (nSPS) is 13.5. The lowest BCUT2D eigenvalue weighted by atomic mass is 10.1. The summed E-state index contributed by atoms with van der Waals surface area (Å²) < 4.78 is 28.8. The number of amides is 3. The van der Waals surface area contributed by atoms with Crippen LogP contribution in [0.2, 0.25) is 0 Å². The Kier molecular flexibility index (Phi) is 5.68. The van der Waals surface area contributed by atoms with Crippen LogP contribution in [-0.4, -0.2) is 56.4 Å². The van der Waals surface area contributed by atoms with E-state index in [-0.39, 0.29) is 17.1 Å². The summed E-state index contributed by atoms with van der Waals surface area (Å²) in [6, 6.07) is 5.58. The van der Waals surface area contributed by atoms with E-state index in [4.69, 9.17) is 15.6 Å². The fourth-order valence-corrected chi connectivity index (χ4v) is 3.63. The summed E-state index contributed by atoms with van der Waals surface area (Å²) in [5.41, 5.74) is 5.42. The number of carbonyl (C=O) groups is 2. The molecule has 4 N–H and O–H groups in total. The van der Waals surface area contributed by atoms with Gasteiger partial charge in [-0.3, -0.25) is 4.79 Å². The van der Waals surface area contributed by atoms with Crippen molar-refractivity contribution in [3.05, 3.63) is 41.6 Å². The standard InChI is InChI=1S/C16H20N6O5S/c1-10-9-13(27-4)20-16(19-10)22(15(17)24,28(18,25)26)12-8-6-5-7-11(12)14(23)21(2)3/h5-9H,1-4H3,(H3-,17,18,24,25,26)/p+1. The molecule has 0 spiro atoms. The number of nitrogens with two attached hydrogens (primary N) is 2. The van der Waals surface area contributed by atoms with Crippen LogP contribution in [0.3, 0.4) is 0 Å². The van der Waals surface area contributed by atoms with E-state index in [0.717, 1.165) is 0 Å². The molecule has 3 amide bonds. The number of rotatable bonds is 5. The van der Waals surface area contributed by atoms with Gasteiger partial charge in [0.1, 0.15) is 5.56 Å². The van der Waals surface area contributed by atoms with Gasteiger partial charge in [0.2, 0.25) is 5.88 Å². The average Bonchev–Trinajstić information content (AvgIpc) is 2.60. The monoisotopic (exact) mass is 409 g/mol. The number of carbonyl (C=O) groups excluding carboxylic acids is 2. The van der Waals surface area contributed by atoms with E-state index >= 15 is 0 Å². The first-order valence-electron chi connectivity index (χ1n) is 7.90. The minimum atomic E-state index is -4.84. The third kappa shape index (κ3) is 3.40. The number of ether oxygens (including phenoxy) is 1. The second-order valence-corrected chi connectivity index (χ2v) is 7.61. The zero-order valence-corrected chi connectivity index (χ0v) is 16.6. The van der Waals surface area contributed by atoms with Gasteiger partial charge < -0.3 is 15.4 Å². The predicted molar refractivity (Wildman–Crippen MR) is 102 cm³/mol. The van der Waals surface area contributed by atoms with Crippen LogP contribution < -0.4 is 19.5 Å². The van der Waals surface area contributed by atoms with Gasteiger partial charge >= 0.3 is 22.2 Å². The molecule has 0 aliphatic heterocycles.